The number of nitrogens with one attached hydrogen (secondary N) is 2. The molecule has 1 aliphatic heterocycles. The first-order chi connectivity index (χ1) is 18.4. The van der Waals surface area contributed by atoms with E-state index in [1.807, 2.05) is 6.07 Å². The van der Waals surface area contributed by atoms with Crippen molar-refractivity contribution in [2.45, 2.75) is 36.9 Å². The van der Waals surface area contributed by atoms with E-state index < -0.39 is 12.1 Å². The van der Waals surface area contributed by atoms with Gasteiger partial charge in [-0.1, -0.05) is 12.1 Å². The standard InChI is InChI=1S/C25H30N4O3.C2HF3O2/c1-29-15-19-12-21(28-24(30)27-20-6-4-5-17(11-20)14-26)9-10-25(19,16-29)18-7-8-22(31-2)23(13-18)32-3;3-2(4,5)1(6)7/h4-8,11,13,19,21H,9-10,12,15-16H2,1-3H3,(H2,27,28,30);(H,6,7)/t19-,21-,25+;/m1./s1. The lowest BCUT2D eigenvalue weighted by Crippen LogP contribution is -2.48. The third-order valence-corrected chi connectivity index (χ3v) is 7.16. The van der Waals surface area contributed by atoms with Gasteiger partial charge in [-0.2, -0.15) is 18.4 Å². The Morgan fingerprint density at radius 2 is 1.85 bits per heavy atom. The van der Waals surface area contributed by atoms with Crippen molar-refractivity contribution < 1.29 is 37.3 Å². The van der Waals surface area contributed by atoms with Crippen molar-refractivity contribution >= 4 is 17.7 Å². The number of anilines is 1. The number of carbonyl (C=O) groups excluding carboxylic acids is 1. The number of methoxy groups -OCH3 is 2. The fourth-order valence-corrected chi connectivity index (χ4v) is 5.47. The van der Waals surface area contributed by atoms with Crippen LogP contribution in [0, 0.1) is 17.2 Å². The second-order valence-electron chi connectivity index (χ2n) is 9.68. The molecule has 4 rings (SSSR count). The number of hydrogen-bond acceptors (Lipinski definition) is 6. The van der Waals surface area contributed by atoms with Gasteiger partial charge in [0, 0.05) is 30.2 Å². The minimum Gasteiger partial charge on any atom is -0.493 e. The van der Waals surface area contributed by atoms with Crippen LogP contribution in [0.25, 0.3) is 0 Å². The van der Waals surface area contributed by atoms with E-state index in [0.717, 1.165) is 43.9 Å². The van der Waals surface area contributed by atoms with Gasteiger partial charge in [-0.15, -0.1) is 0 Å². The lowest BCUT2D eigenvalue weighted by Gasteiger charge is -2.42. The number of carbonyl (C=O) groups is 2. The summed E-state index contributed by atoms with van der Waals surface area (Å²) in [5, 5.41) is 22.2. The Kier molecular flexibility index (Phi) is 9.29. The van der Waals surface area contributed by atoms with Crippen molar-refractivity contribution in [2.24, 2.45) is 5.92 Å². The first-order valence-electron chi connectivity index (χ1n) is 12.2. The molecule has 0 radical (unpaired) electrons. The Morgan fingerprint density at radius 3 is 2.46 bits per heavy atom. The van der Waals surface area contributed by atoms with E-state index >= 15 is 0 Å². The normalized spacial score (nSPS) is 22.4. The summed E-state index contributed by atoms with van der Waals surface area (Å²) in [4.78, 5) is 23.9. The SMILES string of the molecule is COc1ccc([C@@]23CC[C@@H](NC(=O)Nc4cccc(C#N)c4)C[C@@H]2CN(C)C3)cc1OC.O=C(O)C(F)(F)F. The van der Waals surface area contributed by atoms with E-state index in [-0.39, 0.29) is 17.5 Å². The van der Waals surface area contributed by atoms with E-state index in [9.17, 15) is 18.0 Å². The molecule has 3 N–H and O–H groups in total. The molecule has 0 spiro atoms. The summed E-state index contributed by atoms with van der Waals surface area (Å²) in [6.45, 7) is 1.99. The van der Waals surface area contributed by atoms with E-state index in [0.29, 0.717) is 17.2 Å². The Balaban J connectivity index is 0.000000532. The number of ether oxygens (including phenoxy) is 2. The van der Waals surface area contributed by atoms with Crippen LogP contribution in [-0.4, -0.2) is 68.6 Å². The van der Waals surface area contributed by atoms with Crippen LogP contribution in [0.1, 0.15) is 30.4 Å². The number of nitriles is 1. The molecule has 1 saturated carbocycles. The summed E-state index contributed by atoms with van der Waals surface area (Å²) in [5.41, 5.74) is 2.47. The summed E-state index contributed by atoms with van der Waals surface area (Å²) in [6, 6.07) is 15.2. The minimum atomic E-state index is -5.08. The van der Waals surface area contributed by atoms with Crippen molar-refractivity contribution in [1.82, 2.24) is 10.2 Å². The average molecular weight is 549 g/mol. The first kappa shape index (κ1) is 29.6. The Hall–Kier alpha value is -3.98. The molecule has 1 aliphatic carbocycles. The van der Waals surface area contributed by atoms with Gasteiger partial charge in [-0.05, 0) is 68.1 Å². The highest BCUT2D eigenvalue weighted by Crippen LogP contribution is 2.49. The van der Waals surface area contributed by atoms with Crippen LogP contribution in [-0.2, 0) is 10.2 Å². The molecular formula is C27H31F3N4O5. The Labute approximate surface area is 224 Å². The lowest BCUT2D eigenvalue weighted by molar-refractivity contribution is -0.192. The van der Waals surface area contributed by atoms with Gasteiger partial charge in [0.15, 0.2) is 11.5 Å². The number of halogens is 3. The van der Waals surface area contributed by atoms with Gasteiger partial charge < -0.3 is 30.1 Å². The molecule has 39 heavy (non-hydrogen) atoms. The van der Waals surface area contributed by atoms with Crippen molar-refractivity contribution in [3.63, 3.8) is 0 Å². The second-order valence-corrected chi connectivity index (χ2v) is 9.68. The number of nitrogens with zero attached hydrogens (tertiary/aromatic N) is 2. The molecule has 2 fully saturated rings. The zero-order valence-electron chi connectivity index (χ0n) is 21.8. The predicted octanol–water partition coefficient (Wildman–Crippen LogP) is 4.38. The summed E-state index contributed by atoms with van der Waals surface area (Å²) in [6.07, 6.45) is -2.26. The molecule has 0 unspecified atom stereocenters. The van der Waals surface area contributed by atoms with Gasteiger partial charge in [0.1, 0.15) is 0 Å². The number of aliphatic carboxylic acids is 1. The minimum absolute atomic E-state index is 0.0457. The molecule has 3 atom stereocenters. The maximum absolute atomic E-state index is 12.6. The molecule has 0 aromatic heterocycles. The first-order valence-corrected chi connectivity index (χ1v) is 12.2. The number of rotatable bonds is 5. The summed E-state index contributed by atoms with van der Waals surface area (Å²) < 4.78 is 42.7. The number of amides is 2. The second kappa shape index (κ2) is 12.3. The van der Waals surface area contributed by atoms with E-state index in [1.165, 1.54) is 5.56 Å². The van der Waals surface area contributed by atoms with Gasteiger partial charge in [-0.25, -0.2) is 9.59 Å². The molecule has 9 nitrogen and oxygen atoms in total. The number of carboxylic acid groups (broad SMARTS) is 1. The summed E-state index contributed by atoms with van der Waals surface area (Å²) in [7, 11) is 5.49. The molecule has 1 heterocycles. The fourth-order valence-electron chi connectivity index (χ4n) is 5.47. The molecule has 1 saturated heterocycles. The highest BCUT2D eigenvalue weighted by molar-refractivity contribution is 5.89. The van der Waals surface area contributed by atoms with Gasteiger partial charge in [-0.3, -0.25) is 0 Å². The van der Waals surface area contributed by atoms with E-state index in [1.54, 1.807) is 38.5 Å². The highest BCUT2D eigenvalue weighted by Gasteiger charge is 2.50. The van der Waals surface area contributed by atoms with Crippen LogP contribution >= 0.6 is 0 Å². The monoisotopic (exact) mass is 548 g/mol. The van der Waals surface area contributed by atoms with Crippen LogP contribution in [0.3, 0.4) is 0 Å². The van der Waals surface area contributed by atoms with E-state index in [4.69, 9.17) is 24.6 Å². The van der Waals surface area contributed by atoms with Crippen molar-refractivity contribution in [2.75, 3.05) is 39.7 Å². The van der Waals surface area contributed by atoms with Gasteiger partial charge in [0.05, 0.1) is 25.9 Å². The van der Waals surface area contributed by atoms with Crippen LogP contribution in [0.4, 0.5) is 23.7 Å². The molecule has 2 amide bonds. The number of alkyl halides is 3. The number of urea groups is 1. The lowest BCUT2D eigenvalue weighted by atomic mass is 9.63. The number of hydrogen-bond donors (Lipinski definition) is 3. The third kappa shape index (κ3) is 7.11. The fraction of sp³-hybridized carbons (Fsp3) is 0.444. The van der Waals surface area contributed by atoms with E-state index in [2.05, 4.69) is 40.8 Å². The number of benzene rings is 2. The quantitative estimate of drug-likeness (QED) is 0.507. The zero-order valence-corrected chi connectivity index (χ0v) is 21.8. The van der Waals surface area contributed by atoms with Crippen molar-refractivity contribution in [3.8, 4) is 17.6 Å². The van der Waals surface area contributed by atoms with Gasteiger partial charge in [0.2, 0.25) is 0 Å². The molecule has 2 aromatic rings. The molecule has 0 bridgehead atoms. The molecule has 2 aromatic carbocycles. The van der Waals surface area contributed by atoms with Crippen LogP contribution in [0.2, 0.25) is 0 Å². The predicted molar refractivity (Wildman–Crippen MR) is 137 cm³/mol. The van der Waals surface area contributed by atoms with Gasteiger partial charge >= 0.3 is 18.2 Å². The Bertz CT molecular complexity index is 1230. The molecule has 210 valence electrons. The number of likely N-dealkylation sites (tertiary alicyclic amines) is 1. The maximum atomic E-state index is 12.6. The number of carboxylic acids is 1. The Morgan fingerprint density at radius 1 is 1.15 bits per heavy atom. The molecule has 12 heteroatoms. The van der Waals surface area contributed by atoms with Crippen LogP contribution < -0.4 is 20.1 Å². The topological polar surface area (TPSA) is 124 Å². The largest absolute Gasteiger partial charge is 0.493 e. The summed E-state index contributed by atoms with van der Waals surface area (Å²) >= 11 is 0. The zero-order chi connectivity index (χ0) is 28.8. The number of likely N-dealkylation sites (N-methyl/N-ethyl adjacent to an activating group) is 1. The smallest absolute Gasteiger partial charge is 0.490 e. The van der Waals surface area contributed by atoms with Crippen LogP contribution in [0.15, 0.2) is 42.5 Å². The third-order valence-electron chi connectivity index (χ3n) is 7.16. The molecule has 2 aliphatic rings. The molecular weight excluding hydrogens is 517 g/mol. The highest BCUT2D eigenvalue weighted by atomic mass is 19.4. The van der Waals surface area contributed by atoms with Gasteiger partial charge in [0.25, 0.3) is 0 Å². The van der Waals surface area contributed by atoms with Crippen molar-refractivity contribution in [1.29, 1.82) is 5.26 Å². The maximum Gasteiger partial charge on any atom is 0.490 e. The number of fused-ring (bicyclic) bond motifs is 1. The average Bonchev–Trinajstić information content (AvgIpc) is 3.24. The summed E-state index contributed by atoms with van der Waals surface area (Å²) in [5.74, 6) is -0.825. The van der Waals surface area contributed by atoms with Crippen molar-refractivity contribution in [3.05, 3.63) is 53.6 Å². The van der Waals surface area contributed by atoms with Crippen LogP contribution in [0.5, 0.6) is 11.5 Å².